The second-order valence-electron chi connectivity index (χ2n) is 7.57. The maximum absolute atomic E-state index is 12.4. The molecule has 0 spiro atoms. The zero-order chi connectivity index (χ0) is 21.9. The molecule has 6 nitrogen and oxygen atoms in total. The molecule has 166 valence electrons. The van der Waals surface area contributed by atoms with Crippen molar-refractivity contribution in [3.63, 3.8) is 0 Å². The van der Waals surface area contributed by atoms with Gasteiger partial charge in [0.15, 0.2) is 11.5 Å². The smallest absolute Gasteiger partial charge is 0.244 e. The van der Waals surface area contributed by atoms with Crippen LogP contribution >= 0.6 is 0 Å². The molecule has 1 N–H and O–H groups in total. The van der Waals surface area contributed by atoms with Crippen molar-refractivity contribution in [2.45, 2.75) is 46.1 Å². The number of rotatable bonds is 10. The first-order chi connectivity index (χ1) is 15.2. The lowest BCUT2D eigenvalue weighted by Gasteiger charge is -2.29. The molecule has 2 aromatic rings. The van der Waals surface area contributed by atoms with Crippen LogP contribution in [0.2, 0.25) is 0 Å². The van der Waals surface area contributed by atoms with E-state index >= 15 is 0 Å². The molecule has 1 aromatic carbocycles. The van der Waals surface area contributed by atoms with Crippen molar-refractivity contribution in [2.24, 2.45) is 0 Å². The summed E-state index contributed by atoms with van der Waals surface area (Å²) in [5.41, 5.74) is 1.93. The van der Waals surface area contributed by atoms with E-state index in [1.807, 2.05) is 43.5 Å². The fraction of sp³-hybridized carbons (Fsp3) is 0.440. The Labute approximate surface area is 185 Å². The zero-order valence-electron chi connectivity index (χ0n) is 18.6. The topological polar surface area (TPSA) is 63.7 Å². The van der Waals surface area contributed by atoms with Gasteiger partial charge in [-0.1, -0.05) is 19.1 Å². The first-order valence-corrected chi connectivity index (χ1v) is 11.3. The van der Waals surface area contributed by atoms with E-state index in [0.29, 0.717) is 25.5 Å². The van der Waals surface area contributed by atoms with Crippen LogP contribution in [0.3, 0.4) is 0 Å². The normalized spacial score (nSPS) is 13.9. The molecule has 1 fully saturated rings. The summed E-state index contributed by atoms with van der Waals surface area (Å²) in [6.45, 7) is 7.71. The number of nitrogens with zero attached hydrogens (tertiary/aromatic N) is 2. The van der Waals surface area contributed by atoms with Gasteiger partial charge in [-0.25, -0.2) is 4.98 Å². The highest BCUT2D eigenvalue weighted by Crippen LogP contribution is 2.29. The van der Waals surface area contributed by atoms with Gasteiger partial charge in [0.25, 0.3) is 0 Å². The van der Waals surface area contributed by atoms with Crippen molar-refractivity contribution >= 4 is 17.8 Å². The predicted octanol–water partition coefficient (Wildman–Crippen LogP) is 4.59. The second kappa shape index (κ2) is 12.0. The van der Waals surface area contributed by atoms with Crippen molar-refractivity contribution in [1.29, 1.82) is 0 Å². The third kappa shape index (κ3) is 6.74. The first kappa shape index (κ1) is 22.7. The van der Waals surface area contributed by atoms with E-state index in [1.165, 1.54) is 19.3 Å². The highest BCUT2D eigenvalue weighted by Gasteiger charge is 2.15. The average molecular weight is 424 g/mol. The van der Waals surface area contributed by atoms with Gasteiger partial charge >= 0.3 is 0 Å². The Hall–Kier alpha value is -3.02. The molecule has 2 heterocycles. The van der Waals surface area contributed by atoms with E-state index in [4.69, 9.17) is 9.47 Å². The molecule has 1 aliphatic heterocycles. The standard InChI is InChI=1S/C25H33N3O3/c1-3-17-31-22-12-10-20(18-23(22)30-4-2)11-13-24(29)27-19-21-9-8-14-26-25(21)28-15-6-5-7-16-28/h8-14,18H,3-7,15-17,19H2,1-2H3,(H,27,29)/b13-11+. The molecular weight excluding hydrogens is 390 g/mol. The molecule has 1 saturated heterocycles. The molecule has 3 rings (SSSR count). The molecule has 1 aliphatic rings. The summed E-state index contributed by atoms with van der Waals surface area (Å²) in [6, 6.07) is 9.66. The number of amides is 1. The van der Waals surface area contributed by atoms with Gasteiger partial charge in [-0.3, -0.25) is 4.79 Å². The fourth-order valence-corrected chi connectivity index (χ4v) is 3.60. The summed E-state index contributed by atoms with van der Waals surface area (Å²) < 4.78 is 11.4. The van der Waals surface area contributed by atoms with Crippen molar-refractivity contribution in [2.75, 3.05) is 31.2 Å². The molecule has 0 unspecified atom stereocenters. The first-order valence-electron chi connectivity index (χ1n) is 11.3. The van der Waals surface area contributed by atoms with E-state index in [2.05, 4.69) is 22.1 Å². The summed E-state index contributed by atoms with van der Waals surface area (Å²) in [4.78, 5) is 19.3. The quantitative estimate of drug-likeness (QED) is 0.566. The summed E-state index contributed by atoms with van der Waals surface area (Å²) in [5.74, 6) is 2.26. The van der Waals surface area contributed by atoms with Crippen molar-refractivity contribution < 1.29 is 14.3 Å². The molecule has 1 aromatic heterocycles. The largest absolute Gasteiger partial charge is 0.490 e. The maximum Gasteiger partial charge on any atom is 0.244 e. The van der Waals surface area contributed by atoms with Crippen LogP contribution in [-0.2, 0) is 11.3 Å². The van der Waals surface area contributed by atoms with E-state index in [1.54, 1.807) is 12.2 Å². The monoisotopic (exact) mass is 423 g/mol. The van der Waals surface area contributed by atoms with Crippen LogP contribution in [-0.4, -0.2) is 37.2 Å². The molecule has 6 heteroatoms. The highest BCUT2D eigenvalue weighted by molar-refractivity contribution is 5.91. The molecular formula is C25H33N3O3. The maximum atomic E-state index is 12.4. The Morgan fingerprint density at radius 2 is 1.97 bits per heavy atom. The van der Waals surface area contributed by atoms with Crippen LogP contribution in [0.5, 0.6) is 11.5 Å². The van der Waals surface area contributed by atoms with E-state index < -0.39 is 0 Å². The fourth-order valence-electron chi connectivity index (χ4n) is 3.60. The lowest BCUT2D eigenvalue weighted by Crippen LogP contribution is -2.32. The summed E-state index contributed by atoms with van der Waals surface area (Å²) in [7, 11) is 0. The molecule has 0 saturated carbocycles. The summed E-state index contributed by atoms with van der Waals surface area (Å²) in [6.07, 6.45) is 9.75. The minimum atomic E-state index is -0.141. The zero-order valence-corrected chi connectivity index (χ0v) is 18.6. The lowest BCUT2D eigenvalue weighted by molar-refractivity contribution is -0.116. The van der Waals surface area contributed by atoms with Gasteiger partial charge in [0.1, 0.15) is 5.82 Å². The SMILES string of the molecule is CCCOc1ccc(/C=C/C(=O)NCc2cccnc2N2CCCCC2)cc1OCC. The minimum Gasteiger partial charge on any atom is -0.490 e. The average Bonchev–Trinajstić information content (AvgIpc) is 2.82. The van der Waals surface area contributed by atoms with Crippen LogP contribution in [0, 0.1) is 0 Å². The third-order valence-electron chi connectivity index (χ3n) is 5.13. The molecule has 0 bridgehead atoms. The van der Waals surface area contributed by atoms with Crippen LogP contribution in [0.25, 0.3) is 6.08 Å². The number of benzene rings is 1. The van der Waals surface area contributed by atoms with E-state index in [0.717, 1.165) is 42.2 Å². The van der Waals surface area contributed by atoms with Crippen molar-refractivity contribution in [3.05, 3.63) is 53.7 Å². The Bertz CT molecular complexity index is 876. The van der Waals surface area contributed by atoms with Gasteiger partial charge in [-0.2, -0.15) is 0 Å². The van der Waals surface area contributed by atoms with Gasteiger partial charge in [0.05, 0.1) is 13.2 Å². The van der Waals surface area contributed by atoms with Crippen LogP contribution in [0.15, 0.2) is 42.6 Å². The van der Waals surface area contributed by atoms with Gasteiger partial charge < -0.3 is 19.7 Å². The van der Waals surface area contributed by atoms with E-state index in [9.17, 15) is 4.79 Å². The summed E-state index contributed by atoms with van der Waals surface area (Å²) in [5, 5.41) is 2.98. The Morgan fingerprint density at radius 1 is 1.13 bits per heavy atom. The number of hydrogen-bond acceptors (Lipinski definition) is 5. The lowest BCUT2D eigenvalue weighted by atomic mass is 10.1. The van der Waals surface area contributed by atoms with Gasteiger partial charge in [0, 0.05) is 37.5 Å². The van der Waals surface area contributed by atoms with Crippen LogP contribution < -0.4 is 19.7 Å². The Morgan fingerprint density at radius 3 is 2.74 bits per heavy atom. The highest BCUT2D eigenvalue weighted by atomic mass is 16.5. The molecule has 0 aliphatic carbocycles. The van der Waals surface area contributed by atoms with E-state index in [-0.39, 0.29) is 5.91 Å². The number of pyridine rings is 1. The number of hydrogen-bond donors (Lipinski definition) is 1. The molecule has 31 heavy (non-hydrogen) atoms. The number of ether oxygens (including phenoxy) is 2. The number of anilines is 1. The van der Waals surface area contributed by atoms with Gasteiger partial charge in [-0.05, 0) is 62.4 Å². The van der Waals surface area contributed by atoms with Gasteiger partial charge in [-0.15, -0.1) is 0 Å². The predicted molar refractivity (Wildman–Crippen MR) is 125 cm³/mol. The number of piperidine rings is 1. The second-order valence-corrected chi connectivity index (χ2v) is 7.57. The molecule has 0 atom stereocenters. The number of carbonyl (C=O) groups excluding carboxylic acids is 1. The number of aromatic nitrogens is 1. The van der Waals surface area contributed by atoms with Crippen LogP contribution in [0.1, 0.15) is 50.7 Å². The summed E-state index contributed by atoms with van der Waals surface area (Å²) >= 11 is 0. The number of carbonyl (C=O) groups is 1. The third-order valence-corrected chi connectivity index (χ3v) is 5.13. The molecule has 0 radical (unpaired) electrons. The van der Waals surface area contributed by atoms with Crippen LogP contribution in [0.4, 0.5) is 5.82 Å². The molecule has 1 amide bonds. The number of nitrogens with one attached hydrogen (secondary N) is 1. The Balaban J connectivity index is 1.60. The minimum absolute atomic E-state index is 0.141. The van der Waals surface area contributed by atoms with Crippen molar-refractivity contribution in [1.82, 2.24) is 10.3 Å². The van der Waals surface area contributed by atoms with Crippen molar-refractivity contribution in [3.8, 4) is 11.5 Å². The Kier molecular flexibility index (Phi) is 8.76. The van der Waals surface area contributed by atoms with Gasteiger partial charge in [0.2, 0.25) is 5.91 Å².